The molecule has 0 radical (unpaired) electrons. The van der Waals surface area contributed by atoms with Gasteiger partial charge in [0.15, 0.2) is 0 Å². The molecule has 1 aromatic rings. The number of hydrogen-bond donors (Lipinski definition) is 2. The molecular weight excluding hydrogens is 413 g/mol. The lowest BCUT2D eigenvalue weighted by molar-refractivity contribution is -0.192. The molecule has 2 heterocycles. The number of benzene rings is 1. The summed E-state index contributed by atoms with van der Waals surface area (Å²) in [7, 11) is 0. The summed E-state index contributed by atoms with van der Waals surface area (Å²) < 4.78 is 37.9. The third-order valence-electron chi connectivity index (χ3n) is 5.65. The van der Waals surface area contributed by atoms with Gasteiger partial charge in [0.25, 0.3) is 0 Å². The van der Waals surface area contributed by atoms with Crippen LogP contribution < -0.4 is 5.32 Å². The molecule has 0 aliphatic carbocycles. The molecule has 2 fully saturated rings. The monoisotopic (exact) mass is 444 g/mol. The van der Waals surface area contributed by atoms with Gasteiger partial charge in [0.2, 0.25) is 5.91 Å². The smallest absolute Gasteiger partial charge is 0.475 e. The van der Waals surface area contributed by atoms with Crippen molar-refractivity contribution in [3.63, 3.8) is 0 Å². The molecule has 1 atom stereocenters. The summed E-state index contributed by atoms with van der Waals surface area (Å²) in [5.74, 6) is -2.57. The summed E-state index contributed by atoms with van der Waals surface area (Å²) in [6, 6.07) is 10.9. The average molecular weight is 444 g/mol. The van der Waals surface area contributed by atoms with E-state index in [1.54, 1.807) is 0 Å². The van der Waals surface area contributed by atoms with Gasteiger partial charge in [-0.1, -0.05) is 44.2 Å². The van der Waals surface area contributed by atoms with Crippen LogP contribution in [-0.4, -0.2) is 65.9 Å². The van der Waals surface area contributed by atoms with Crippen LogP contribution in [0.4, 0.5) is 13.2 Å². The second-order valence-electron chi connectivity index (χ2n) is 8.44. The van der Waals surface area contributed by atoms with E-state index in [1.165, 1.54) is 5.56 Å². The van der Waals surface area contributed by atoms with Crippen molar-refractivity contribution in [3.05, 3.63) is 35.9 Å². The van der Waals surface area contributed by atoms with Gasteiger partial charge in [0, 0.05) is 25.6 Å². The van der Waals surface area contributed by atoms with Crippen LogP contribution in [0.15, 0.2) is 30.3 Å². The maximum atomic E-state index is 11.9. The molecule has 1 spiro atoms. The minimum absolute atomic E-state index is 0.00181. The summed E-state index contributed by atoms with van der Waals surface area (Å²) in [5.41, 5.74) is 1.41. The van der Waals surface area contributed by atoms with Gasteiger partial charge in [0.1, 0.15) is 0 Å². The third kappa shape index (κ3) is 8.14. The number of halogens is 3. The summed E-state index contributed by atoms with van der Waals surface area (Å²) in [6.07, 6.45) is -0.842. The number of carboxylic acid groups (broad SMARTS) is 1. The highest BCUT2D eigenvalue weighted by Gasteiger charge is 2.43. The Balaban J connectivity index is 0.000000423. The zero-order chi connectivity index (χ0) is 23.1. The third-order valence-corrected chi connectivity index (χ3v) is 5.65. The van der Waals surface area contributed by atoms with Crippen molar-refractivity contribution >= 4 is 11.9 Å². The second-order valence-corrected chi connectivity index (χ2v) is 8.44. The van der Waals surface area contributed by atoms with Gasteiger partial charge in [-0.15, -0.1) is 0 Å². The first-order chi connectivity index (χ1) is 14.5. The topological polar surface area (TPSA) is 78.9 Å². The normalized spacial score (nSPS) is 20.9. The number of hydrogen-bond acceptors (Lipinski definition) is 4. The number of carbonyl (C=O) groups excluding carboxylic acids is 1. The van der Waals surface area contributed by atoms with E-state index >= 15 is 0 Å². The number of amides is 1. The number of nitrogens with one attached hydrogen (secondary N) is 1. The lowest BCUT2D eigenvalue weighted by Gasteiger charge is -2.38. The predicted molar refractivity (Wildman–Crippen MR) is 110 cm³/mol. The van der Waals surface area contributed by atoms with Crippen LogP contribution in [0.2, 0.25) is 0 Å². The Kier molecular flexibility index (Phi) is 8.88. The molecule has 0 aromatic heterocycles. The highest BCUT2D eigenvalue weighted by atomic mass is 19.4. The number of carbonyl (C=O) groups is 2. The Hall–Kier alpha value is -2.13. The Labute approximate surface area is 180 Å². The van der Waals surface area contributed by atoms with Crippen molar-refractivity contribution in [2.45, 2.75) is 57.3 Å². The SMILES string of the molecule is CC(C)C(=O)NC1COC2(CCN(CCc3ccccc3)CC2)C1.O=C(O)C(F)(F)F. The Morgan fingerprint density at radius 1 is 1.23 bits per heavy atom. The van der Waals surface area contributed by atoms with Crippen LogP contribution in [0.25, 0.3) is 0 Å². The molecular formula is C22H31F3N2O4. The number of rotatable bonds is 5. The molecule has 1 aromatic carbocycles. The van der Waals surface area contributed by atoms with Gasteiger partial charge in [-0.05, 0) is 31.2 Å². The van der Waals surface area contributed by atoms with Gasteiger partial charge in [0.05, 0.1) is 18.2 Å². The second kappa shape index (κ2) is 10.9. The largest absolute Gasteiger partial charge is 0.490 e. The number of likely N-dealkylation sites (tertiary alicyclic amines) is 1. The molecule has 6 nitrogen and oxygen atoms in total. The first-order valence-corrected chi connectivity index (χ1v) is 10.5. The fourth-order valence-corrected chi connectivity index (χ4v) is 3.77. The first-order valence-electron chi connectivity index (χ1n) is 10.5. The van der Waals surface area contributed by atoms with E-state index in [1.807, 2.05) is 13.8 Å². The minimum Gasteiger partial charge on any atom is -0.475 e. The summed E-state index contributed by atoms with van der Waals surface area (Å²) in [4.78, 5) is 23.3. The molecule has 2 aliphatic rings. The van der Waals surface area contributed by atoms with Crippen molar-refractivity contribution in [1.82, 2.24) is 10.2 Å². The number of alkyl halides is 3. The maximum Gasteiger partial charge on any atom is 0.490 e. The minimum atomic E-state index is -5.08. The Morgan fingerprint density at radius 3 is 2.32 bits per heavy atom. The molecule has 0 saturated carbocycles. The van der Waals surface area contributed by atoms with Crippen molar-refractivity contribution in [3.8, 4) is 0 Å². The number of ether oxygens (including phenoxy) is 1. The molecule has 9 heteroatoms. The summed E-state index contributed by atoms with van der Waals surface area (Å²) in [6.45, 7) is 7.85. The molecule has 2 saturated heterocycles. The first kappa shape index (κ1) is 25.1. The van der Waals surface area contributed by atoms with Crippen LogP contribution >= 0.6 is 0 Å². The quantitative estimate of drug-likeness (QED) is 0.729. The van der Waals surface area contributed by atoms with Crippen LogP contribution in [0.1, 0.15) is 38.7 Å². The highest BCUT2D eigenvalue weighted by molar-refractivity contribution is 5.78. The summed E-state index contributed by atoms with van der Waals surface area (Å²) in [5, 5.41) is 10.3. The van der Waals surface area contributed by atoms with Crippen molar-refractivity contribution in [1.29, 1.82) is 0 Å². The van der Waals surface area contributed by atoms with Crippen molar-refractivity contribution in [2.24, 2.45) is 5.92 Å². The van der Waals surface area contributed by atoms with Crippen molar-refractivity contribution in [2.75, 3.05) is 26.2 Å². The number of aliphatic carboxylic acids is 1. The van der Waals surface area contributed by atoms with Gasteiger partial charge in [-0.3, -0.25) is 4.79 Å². The van der Waals surface area contributed by atoms with E-state index in [0.717, 1.165) is 45.3 Å². The van der Waals surface area contributed by atoms with Crippen molar-refractivity contribution < 1.29 is 32.6 Å². The predicted octanol–water partition coefficient (Wildman–Crippen LogP) is 3.26. The van der Waals surface area contributed by atoms with E-state index in [4.69, 9.17) is 14.6 Å². The average Bonchev–Trinajstić information content (AvgIpc) is 3.10. The van der Waals surface area contributed by atoms with E-state index in [9.17, 15) is 18.0 Å². The lowest BCUT2D eigenvalue weighted by Crippen LogP contribution is -2.45. The lowest BCUT2D eigenvalue weighted by atomic mass is 9.87. The summed E-state index contributed by atoms with van der Waals surface area (Å²) >= 11 is 0. The van der Waals surface area contributed by atoms with Gasteiger partial charge >= 0.3 is 12.1 Å². The van der Waals surface area contributed by atoms with E-state index in [0.29, 0.717) is 6.61 Å². The molecule has 2 N–H and O–H groups in total. The molecule has 3 rings (SSSR count). The van der Waals surface area contributed by atoms with E-state index in [2.05, 4.69) is 40.5 Å². The molecule has 1 amide bonds. The maximum absolute atomic E-state index is 11.9. The number of piperidine rings is 1. The molecule has 174 valence electrons. The fourth-order valence-electron chi connectivity index (χ4n) is 3.77. The van der Waals surface area contributed by atoms with Crippen LogP contribution in [0.5, 0.6) is 0 Å². The van der Waals surface area contributed by atoms with Crippen LogP contribution in [-0.2, 0) is 20.7 Å². The fraction of sp³-hybridized carbons (Fsp3) is 0.636. The van der Waals surface area contributed by atoms with E-state index in [-0.39, 0.29) is 23.5 Å². The van der Waals surface area contributed by atoms with E-state index < -0.39 is 12.1 Å². The molecule has 31 heavy (non-hydrogen) atoms. The molecule has 2 aliphatic heterocycles. The van der Waals surface area contributed by atoms with Crippen LogP contribution in [0, 0.1) is 5.92 Å². The van der Waals surface area contributed by atoms with Gasteiger partial charge in [-0.25, -0.2) is 4.79 Å². The zero-order valence-electron chi connectivity index (χ0n) is 18.0. The number of nitrogens with zero attached hydrogens (tertiary/aromatic N) is 1. The zero-order valence-corrected chi connectivity index (χ0v) is 18.0. The molecule has 0 bridgehead atoms. The standard InChI is InChI=1S/C20H30N2O2.C2HF3O2/c1-16(2)19(23)21-18-14-20(24-15-18)9-12-22(13-10-20)11-8-17-6-4-3-5-7-17;3-2(4,5)1(6)7/h3-7,16,18H,8-15H2,1-2H3,(H,21,23);(H,6,7). The Bertz CT molecular complexity index is 717. The Morgan fingerprint density at radius 2 is 1.81 bits per heavy atom. The van der Waals surface area contributed by atoms with Crippen LogP contribution in [0.3, 0.4) is 0 Å². The highest BCUT2D eigenvalue weighted by Crippen LogP contribution is 2.36. The molecule has 1 unspecified atom stereocenters. The number of carboxylic acids is 1. The van der Waals surface area contributed by atoms with Gasteiger partial charge in [-0.2, -0.15) is 13.2 Å². The van der Waals surface area contributed by atoms with Gasteiger partial charge < -0.3 is 20.1 Å².